The fourth-order valence-electron chi connectivity index (χ4n) is 4.63. The van der Waals surface area contributed by atoms with E-state index in [1.165, 1.54) is 45.4 Å². The van der Waals surface area contributed by atoms with E-state index in [2.05, 4.69) is 80.7 Å². The Morgan fingerprint density at radius 2 is 1.38 bits per heavy atom. The number of azo groups is 2. The van der Waals surface area contributed by atoms with Gasteiger partial charge in [-0.3, -0.25) is 9.59 Å². The number of unbranched alkanes of at least 4 members (excludes halogenated alkanes) is 6. The maximum Gasteiger partial charge on any atom is 0.471 e. The summed E-state index contributed by atoms with van der Waals surface area (Å²) in [6.45, 7) is 8.85. The SMILES string of the molecule is CCCCCCn1ncc(N=Nc2ncc[nH]2)c1N.CCCCCCn1ncc(N=Nc2nccn2CCCNC(C)=O)c1N.O=C(NCCCBr)C(F)(F)F. The normalized spacial score (nSPS) is 11.3. The van der Waals surface area contributed by atoms with E-state index in [1.807, 2.05) is 10.8 Å². The molecule has 0 atom stereocenters. The predicted molar refractivity (Wildman–Crippen MR) is 212 cm³/mol. The number of nitrogens with zero attached hydrogens (tertiary/aromatic N) is 11. The quantitative estimate of drug-likeness (QED) is 0.0314. The minimum atomic E-state index is -4.76. The minimum Gasteiger partial charge on any atom is -0.382 e. The molecule has 0 bridgehead atoms. The second-order valence-electron chi connectivity index (χ2n) is 12.3. The molecule has 0 fully saturated rings. The van der Waals surface area contributed by atoms with Crippen LogP contribution in [-0.4, -0.2) is 75.5 Å². The van der Waals surface area contributed by atoms with Gasteiger partial charge in [0.1, 0.15) is 23.0 Å². The Hall–Kier alpha value is -5.15. The second-order valence-corrected chi connectivity index (χ2v) is 13.1. The highest BCUT2D eigenvalue weighted by molar-refractivity contribution is 9.09. The first-order valence-electron chi connectivity index (χ1n) is 18.5. The molecule has 4 heterocycles. The van der Waals surface area contributed by atoms with Gasteiger partial charge in [-0.25, -0.2) is 19.3 Å². The first kappa shape index (κ1) is 47.0. The summed E-state index contributed by atoms with van der Waals surface area (Å²) in [5, 5.41) is 29.9. The number of hydrogen-bond donors (Lipinski definition) is 5. The zero-order valence-corrected chi connectivity index (χ0v) is 33.8. The average molecular weight is 856 g/mol. The van der Waals surface area contributed by atoms with Crippen LogP contribution in [0.1, 0.15) is 85.0 Å². The second kappa shape index (κ2) is 26.6. The van der Waals surface area contributed by atoms with Gasteiger partial charge < -0.3 is 31.7 Å². The number of hydrogen-bond acceptors (Lipinski definition) is 12. The molecule has 2 amide bonds. The van der Waals surface area contributed by atoms with Gasteiger partial charge in [-0.05, 0) is 25.7 Å². The lowest BCUT2D eigenvalue weighted by molar-refractivity contribution is -0.173. The Labute approximate surface area is 332 Å². The van der Waals surface area contributed by atoms with Crippen LogP contribution in [0.3, 0.4) is 0 Å². The number of amides is 2. The molecule has 0 aliphatic rings. The molecule has 310 valence electrons. The summed E-state index contributed by atoms with van der Waals surface area (Å²) >= 11 is 3.02. The monoisotopic (exact) mass is 854 g/mol. The number of aromatic nitrogens is 8. The average Bonchev–Trinajstić information content (AvgIpc) is 3.99. The molecule has 0 aromatic carbocycles. The zero-order chi connectivity index (χ0) is 41.2. The molecule has 0 saturated heterocycles. The molecule has 0 radical (unpaired) electrons. The van der Waals surface area contributed by atoms with Crippen LogP contribution in [0.25, 0.3) is 0 Å². The lowest BCUT2D eigenvalue weighted by Crippen LogP contribution is -2.37. The first-order chi connectivity index (χ1) is 26.9. The highest BCUT2D eigenvalue weighted by Crippen LogP contribution is 2.25. The summed E-state index contributed by atoms with van der Waals surface area (Å²) in [5.74, 6) is 0.120. The van der Waals surface area contributed by atoms with Crippen molar-refractivity contribution in [2.24, 2.45) is 20.5 Å². The van der Waals surface area contributed by atoms with Crippen LogP contribution in [-0.2, 0) is 29.2 Å². The van der Waals surface area contributed by atoms with Gasteiger partial charge in [-0.2, -0.15) is 23.4 Å². The number of rotatable bonds is 21. The Morgan fingerprint density at radius 1 is 0.786 bits per heavy atom. The van der Waals surface area contributed by atoms with Gasteiger partial charge in [0.15, 0.2) is 0 Å². The summed E-state index contributed by atoms with van der Waals surface area (Å²) in [4.78, 5) is 32.0. The van der Waals surface area contributed by atoms with Gasteiger partial charge in [0.2, 0.25) is 17.8 Å². The third-order valence-electron chi connectivity index (χ3n) is 7.65. The minimum absolute atomic E-state index is 0.0299. The highest BCUT2D eigenvalue weighted by Gasteiger charge is 2.38. The van der Waals surface area contributed by atoms with Crippen LogP contribution >= 0.6 is 15.9 Å². The number of nitrogens with two attached hydrogens (primary N) is 2. The van der Waals surface area contributed by atoms with Gasteiger partial charge in [0.25, 0.3) is 0 Å². The lowest BCUT2D eigenvalue weighted by atomic mass is 10.2. The maximum absolute atomic E-state index is 11.5. The maximum atomic E-state index is 11.5. The molecular weight excluding hydrogens is 801 g/mol. The Bertz CT molecular complexity index is 1730. The van der Waals surface area contributed by atoms with E-state index < -0.39 is 12.1 Å². The number of aromatic amines is 1. The van der Waals surface area contributed by atoms with E-state index in [4.69, 9.17) is 11.5 Å². The van der Waals surface area contributed by atoms with Gasteiger partial charge in [-0.1, -0.05) is 68.3 Å². The molecule has 0 spiro atoms. The Morgan fingerprint density at radius 3 is 1.89 bits per heavy atom. The van der Waals surface area contributed by atoms with Crippen molar-refractivity contribution >= 4 is 62.7 Å². The molecule has 22 heteroatoms. The van der Waals surface area contributed by atoms with E-state index in [0.717, 1.165) is 32.4 Å². The van der Waals surface area contributed by atoms with E-state index >= 15 is 0 Å². The number of nitrogens with one attached hydrogen (secondary N) is 3. The summed E-state index contributed by atoms with van der Waals surface area (Å²) in [6, 6.07) is 0. The number of halogens is 4. The molecule has 0 saturated carbocycles. The largest absolute Gasteiger partial charge is 0.471 e. The number of H-pyrrole nitrogens is 1. The molecule has 0 unspecified atom stereocenters. The van der Waals surface area contributed by atoms with Gasteiger partial charge in [-0.15, -0.1) is 20.5 Å². The Kier molecular flexibility index (Phi) is 22.3. The van der Waals surface area contributed by atoms with Crippen molar-refractivity contribution in [2.75, 3.05) is 29.9 Å². The summed E-state index contributed by atoms with van der Waals surface area (Å²) in [6.07, 6.45) is 16.0. The number of aryl methyl sites for hydroxylation is 3. The van der Waals surface area contributed by atoms with Crippen molar-refractivity contribution in [1.29, 1.82) is 0 Å². The van der Waals surface area contributed by atoms with Crippen molar-refractivity contribution in [3.05, 3.63) is 37.2 Å². The molecule has 7 N–H and O–H groups in total. The summed E-state index contributed by atoms with van der Waals surface area (Å²) < 4.78 is 39.8. The fraction of sp³-hybridized carbons (Fsp3) is 0.588. The highest BCUT2D eigenvalue weighted by atomic mass is 79.9. The topological polar surface area (TPSA) is 242 Å². The number of imidazole rings is 2. The molecule has 18 nitrogen and oxygen atoms in total. The van der Waals surface area contributed by atoms with Crippen molar-refractivity contribution < 1.29 is 22.8 Å². The number of alkyl halides is 4. The summed E-state index contributed by atoms with van der Waals surface area (Å²) in [5.41, 5.74) is 13.2. The molecule has 4 aromatic heterocycles. The standard InChI is InChI=1S/C17H28N8O.C12H19N7.C5H7BrF3NO/c1-3-4-5-6-11-25-16(18)15(13-21-25)22-23-17-20-9-12-24(17)10-7-8-19-14(2)26;1-2-3-4-5-8-19-11(13)10(9-16-19)17-18-12-14-6-7-15-12;6-2-1-3-10-4(11)5(7,8)9/h9,12-13H,3-8,10-11,18H2,1-2H3,(H,19,26);6-7,9H,2-5,8,13H2,1H3,(H,14,15);1-3H2,(H,10,11). The number of anilines is 2. The molecule has 0 aliphatic carbocycles. The third kappa shape index (κ3) is 18.5. The smallest absolute Gasteiger partial charge is 0.382 e. The van der Waals surface area contributed by atoms with E-state index in [0.29, 0.717) is 59.7 Å². The van der Waals surface area contributed by atoms with Crippen LogP contribution in [0.4, 0.5) is 48.1 Å². The van der Waals surface area contributed by atoms with E-state index in [9.17, 15) is 22.8 Å². The Balaban J connectivity index is 0.000000316. The van der Waals surface area contributed by atoms with Gasteiger partial charge in [0, 0.05) is 69.8 Å². The summed E-state index contributed by atoms with van der Waals surface area (Å²) in [7, 11) is 0. The van der Waals surface area contributed by atoms with Gasteiger partial charge >= 0.3 is 12.1 Å². The molecule has 4 rings (SSSR count). The van der Waals surface area contributed by atoms with Crippen molar-refractivity contribution in [1.82, 2.24) is 49.7 Å². The van der Waals surface area contributed by atoms with Crippen LogP contribution in [0.15, 0.2) is 57.6 Å². The molecular formula is C34H54BrF3N16O2. The van der Waals surface area contributed by atoms with Crippen molar-refractivity contribution in [2.45, 2.75) is 111 Å². The fourth-order valence-corrected chi connectivity index (χ4v) is 4.91. The van der Waals surface area contributed by atoms with Crippen molar-refractivity contribution in [3.8, 4) is 0 Å². The molecule has 4 aromatic rings. The van der Waals surface area contributed by atoms with E-state index in [-0.39, 0.29) is 12.5 Å². The van der Waals surface area contributed by atoms with Crippen LogP contribution < -0.4 is 22.1 Å². The zero-order valence-electron chi connectivity index (χ0n) is 32.2. The van der Waals surface area contributed by atoms with Crippen LogP contribution in [0.5, 0.6) is 0 Å². The van der Waals surface area contributed by atoms with Gasteiger partial charge in [0.05, 0.1) is 12.4 Å². The third-order valence-corrected chi connectivity index (χ3v) is 8.21. The van der Waals surface area contributed by atoms with Crippen LogP contribution in [0.2, 0.25) is 0 Å². The lowest BCUT2D eigenvalue weighted by Gasteiger charge is -2.05. The number of nitrogen functional groups attached to an aromatic ring is 2. The van der Waals surface area contributed by atoms with E-state index in [1.54, 1.807) is 45.7 Å². The molecule has 56 heavy (non-hydrogen) atoms. The number of carbonyl (C=O) groups excluding carboxylic acids is 2. The predicted octanol–water partition coefficient (Wildman–Crippen LogP) is 7.82. The van der Waals surface area contributed by atoms with Crippen LogP contribution in [0, 0.1) is 0 Å². The van der Waals surface area contributed by atoms with Crippen molar-refractivity contribution in [3.63, 3.8) is 0 Å². The molecule has 0 aliphatic heterocycles. The first-order valence-corrected chi connectivity index (χ1v) is 19.6. The number of carbonyl (C=O) groups is 2.